The lowest BCUT2D eigenvalue weighted by atomic mass is 10.1. The number of hydrogen-bond donors (Lipinski definition) is 2. The fourth-order valence-corrected chi connectivity index (χ4v) is 3.57. The summed E-state index contributed by atoms with van der Waals surface area (Å²) in [6, 6.07) is 2.63. The molecule has 114 valence electrons. The molecule has 0 amide bonds. The standard InChI is InChI=1S/C12H15FN4O2S2/c1-3-14-6-9-5-10(4-8(2)11(9)13)21(18,19)17-12-16-15-7-20-12/h4-5,7,14H,3,6H2,1-2H3,(H,16,17). The molecule has 1 aromatic heterocycles. The number of nitrogens with one attached hydrogen (secondary N) is 2. The van der Waals surface area contributed by atoms with Crippen LogP contribution >= 0.6 is 11.3 Å². The Hall–Kier alpha value is -1.58. The van der Waals surface area contributed by atoms with E-state index in [0.717, 1.165) is 11.3 Å². The summed E-state index contributed by atoms with van der Waals surface area (Å²) in [4.78, 5) is 0.00417. The molecule has 0 atom stereocenters. The van der Waals surface area contributed by atoms with E-state index in [0.29, 0.717) is 12.1 Å². The van der Waals surface area contributed by atoms with Gasteiger partial charge in [-0.25, -0.2) is 12.8 Å². The van der Waals surface area contributed by atoms with Crippen LogP contribution in [0.15, 0.2) is 22.5 Å². The van der Waals surface area contributed by atoms with Gasteiger partial charge in [0, 0.05) is 12.1 Å². The zero-order valence-corrected chi connectivity index (χ0v) is 13.2. The van der Waals surface area contributed by atoms with Crippen LogP contribution in [0.4, 0.5) is 9.52 Å². The van der Waals surface area contributed by atoms with Gasteiger partial charge in [0.25, 0.3) is 10.0 Å². The quantitative estimate of drug-likeness (QED) is 0.845. The lowest BCUT2D eigenvalue weighted by Crippen LogP contribution is -2.17. The van der Waals surface area contributed by atoms with Crippen molar-refractivity contribution in [2.45, 2.75) is 25.3 Å². The monoisotopic (exact) mass is 330 g/mol. The average molecular weight is 330 g/mol. The van der Waals surface area contributed by atoms with Crippen LogP contribution in [0.2, 0.25) is 0 Å². The van der Waals surface area contributed by atoms with Crippen molar-refractivity contribution in [1.29, 1.82) is 0 Å². The molecule has 0 bridgehead atoms. The predicted octanol–water partition coefficient (Wildman–Crippen LogP) is 1.90. The van der Waals surface area contributed by atoms with Crippen molar-refractivity contribution >= 4 is 26.5 Å². The number of benzene rings is 1. The number of aromatic nitrogens is 2. The van der Waals surface area contributed by atoms with Gasteiger partial charge in [0.05, 0.1) is 4.90 Å². The fourth-order valence-electron chi connectivity index (χ4n) is 1.74. The van der Waals surface area contributed by atoms with Crippen molar-refractivity contribution in [3.05, 3.63) is 34.6 Å². The van der Waals surface area contributed by atoms with E-state index >= 15 is 0 Å². The van der Waals surface area contributed by atoms with Gasteiger partial charge in [-0.05, 0) is 31.2 Å². The maximum absolute atomic E-state index is 14.0. The van der Waals surface area contributed by atoms with E-state index in [2.05, 4.69) is 20.2 Å². The molecular formula is C12H15FN4O2S2. The molecule has 2 aromatic rings. The summed E-state index contributed by atoms with van der Waals surface area (Å²) in [5.74, 6) is -0.397. The first-order chi connectivity index (χ1) is 9.94. The Bertz CT molecular complexity index is 717. The summed E-state index contributed by atoms with van der Waals surface area (Å²) in [6.07, 6.45) is 0. The second-order valence-corrected chi connectivity index (χ2v) is 6.86. The fraction of sp³-hybridized carbons (Fsp3) is 0.333. The van der Waals surface area contributed by atoms with Crippen LogP contribution < -0.4 is 10.0 Å². The number of halogens is 1. The highest BCUT2D eigenvalue weighted by molar-refractivity contribution is 7.93. The maximum Gasteiger partial charge on any atom is 0.263 e. The van der Waals surface area contributed by atoms with Gasteiger partial charge in [0.15, 0.2) is 0 Å². The normalized spacial score (nSPS) is 11.6. The first kappa shape index (κ1) is 15.8. The molecule has 2 rings (SSSR count). The van der Waals surface area contributed by atoms with Crippen LogP contribution in [-0.2, 0) is 16.6 Å². The number of hydrogen-bond acceptors (Lipinski definition) is 6. The van der Waals surface area contributed by atoms with Gasteiger partial charge >= 0.3 is 0 Å². The summed E-state index contributed by atoms with van der Waals surface area (Å²) in [6.45, 7) is 4.36. The Kier molecular flexibility index (Phi) is 4.86. The van der Waals surface area contributed by atoms with Crippen molar-refractivity contribution in [2.24, 2.45) is 0 Å². The lowest BCUT2D eigenvalue weighted by molar-refractivity contribution is 0.579. The molecule has 2 N–H and O–H groups in total. The molecule has 0 aliphatic heterocycles. The summed E-state index contributed by atoms with van der Waals surface area (Å²) < 4.78 is 40.9. The number of sulfonamides is 1. The smallest absolute Gasteiger partial charge is 0.263 e. The Labute approximate surface area is 126 Å². The summed E-state index contributed by atoms with van der Waals surface area (Å²) in [5, 5.41) is 10.3. The highest BCUT2D eigenvalue weighted by atomic mass is 32.2. The van der Waals surface area contributed by atoms with E-state index in [-0.39, 0.29) is 22.1 Å². The third-order valence-electron chi connectivity index (χ3n) is 2.76. The minimum Gasteiger partial charge on any atom is -0.313 e. The minimum absolute atomic E-state index is 0.00417. The number of aryl methyl sites for hydroxylation is 1. The van der Waals surface area contributed by atoms with Crippen molar-refractivity contribution in [3.63, 3.8) is 0 Å². The molecule has 0 aliphatic rings. The van der Waals surface area contributed by atoms with E-state index in [1.807, 2.05) is 6.92 Å². The van der Waals surface area contributed by atoms with E-state index in [1.165, 1.54) is 24.6 Å². The van der Waals surface area contributed by atoms with Crippen LogP contribution in [0.25, 0.3) is 0 Å². The van der Waals surface area contributed by atoms with Gasteiger partial charge in [-0.3, -0.25) is 4.72 Å². The second-order valence-electron chi connectivity index (χ2n) is 4.34. The third kappa shape index (κ3) is 3.74. The molecule has 0 fully saturated rings. The van der Waals surface area contributed by atoms with Gasteiger partial charge in [-0.2, -0.15) is 0 Å². The molecule has 21 heavy (non-hydrogen) atoms. The third-order valence-corrected chi connectivity index (χ3v) is 4.82. The first-order valence-electron chi connectivity index (χ1n) is 6.22. The molecule has 0 radical (unpaired) electrons. The van der Waals surface area contributed by atoms with Gasteiger partial charge in [0.2, 0.25) is 5.13 Å². The molecule has 6 nitrogen and oxygen atoms in total. The van der Waals surface area contributed by atoms with Crippen LogP contribution in [0.1, 0.15) is 18.1 Å². The van der Waals surface area contributed by atoms with E-state index < -0.39 is 15.8 Å². The molecule has 1 aromatic carbocycles. The minimum atomic E-state index is -3.81. The molecule has 0 saturated heterocycles. The Morgan fingerprint density at radius 2 is 2.14 bits per heavy atom. The van der Waals surface area contributed by atoms with Crippen LogP contribution in [0.3, 0.4) is 0 Å². The molecule has 1 heterocycles. The van der Waals surface area contributed by atoms with Crippen molar-refractivity contribution in [3.8, 4) is 0 Å². The van der Waals surface area contributed by atoms with Crippen molar-refractivity contribution in [1.82, 2.24) is 15.5 Å². The Morgan fingerprint density at radius 3 is 2.76 bits per heavy atom. The number of nitrogens with zero attached hydrogens (tertiary/aromatic N) is 2. The van der Waals surface area contributed by atoms with Crippen molar-refractivity contribution in [2.75, 3.05) is 11.3 Å². The molecule has 0 spiro atoms. The molecule has 0 aliphatic carbocycles. The summed E-state index contributed by atoms with van der Waals surface area (Å²) in [5.41, 5.74) is 2.02. The maximum atomic E-state index is 14.0. The Morgan fingerprint density at radius 1 is 1.38 bits per heavy atom. The first-order valence-corrected chi connectivity index (χ1v) is 8.59. The summed E-state index contributed by atoms with van der Waals surface area (Å²) >= 11 is 1.07. The summed E-state index contributed by atoms with van der Waals surface area (Å²) in [7, 11) is -3.81. The molecule has 9 heteroatoms. The molecule has 0 saturated carbocycles. The van der Waals surface area contributed by atoms with Crippen LogP contribution in [0, 0.1) is 12.7 Å². The topological polar surface area (TPSA) is 84.0 Å². The van der Waals surface area contributed by atoms with Gasteiger partial charge in [-0.1, -0.05) is 18.3 Å². The average Bonchev–Trinajstić information content (AvgIpc) is 2.92. The number of anilines is 1. The van der Waals surface area contributed by atoms with Crippen LogP contribution in [-0.4, -0.2) is 25.2 Å². The Balaban J connectivity index is 2.36. The van der Waals surface area contributed by atoms with E-state index in [4.69, 9.17) is 0 Å². The van der Waals surface area contributed by atoms with E-state index in [1.54, 1.807) is 0 Å². The lowest BCUT2D eigenvalue weighted by Gasteiger charge is -2.11. The van der Waals surface area contributed by atoms with Gasteiger partial charge < -0.3 is 5.32 Å². The van der Waals surface area contributed by atoms with E-state index in [9.17, 15) is 12.8 Å². The highest BCUT2D eigenvalue weighted by Gasteiger charge is 2.19. The van der Waals surface area contributed by atoms with Gasteiger partial charge in [-0.15, -0.1) is 10.2 Å². The highest BCUT2D eigenvalue weighted by Crippen LogP contribution is 2.22. The second kappa shape index (κ2) is 6.46. The predicted molar refractivity (Wildman–Crippen MR) is 79.2 cm³/mol. The molecule has 0 unspecified atom stereocenters. The largest absolute Gasteiger partial charge is 0.313 e. The zero-order chi connectivity index (χ0) is 15.5. The number of rotatable bonds is 6. The van der Waals surface area contributed by atoms with Gasteiger partial charge in [0.1, 0.15) is 11.3 Å². The molecular weight excluding hydrogens is 315 g/mol. The zero-order valence-electron chi connectivity index (χ0n) is 11.6. The van der Waals surface area contributed by atoms with Crippen LogP contribution in [0.5, 0.6) is 0 Å². The van der Waals surface area contributed by atoms with Crippen molar-refractivity contribution < 1.29 is 12.8 Å². The SMILES string of the molecule is CCNCc1cc(S(=O)(=O)Nc2nncs2)cc(C)c1F.